The van der Waals surface area contributed by atoms with Crippen molar-refractivity contribution in [2.75, 3.05) is 0 Å². The van der Waals surface area contributed by atoms with Gasteiger partial charge in [0.1, 0.15) is 0 Å². The second kappa shape index (κ2) is 1.29. The molecular weight excluding hydrogens is 124 g/mol. The Balaban J connectivity index is 2.01. The summed E-state index contributed by atoms with van der Waals surface area (Å²) in [5.41, 5.74) is 0.494. The predicted octanol–water partition coefficient (Wildman–Crippen LogP) is 1.39. The van der Waals surface area contributed by atoms with E-state index in [0.29, 0.717) is 5.54 Å². The van der Waals surface area contributed by atoms with Gasteiger partial charge >= 0.3 is 0 Å². The highest BCUT2D eigenvalue weighted by atomic mass is 15.3. The molecular formula is C8H10N2. The van der Waals surface area contributed by atoms with Crippen molar-refractivity contribution in [3.8, 4) is 0 Å². The van der Waals surface area contributed by atoms with Crippen LogP contribution in [-0.2, 0) is 5.54 Å². The van der Waals surface area contributed by atoms with Crippen molar-refractivity contribution in [1.29, 1.82) is 0 Å². The molecule has 4 rings (SSSR count). The number of hydrogen-bond donors (Lipinski definition) is 0. The van der Waals surface area contributed by atoms with E-state index in [2.05, 4.69) is 16.0 Å². The molecule has 0 aromatic carbocycles. The lowest BCUT2D eigenvalue weighted by atomic mass is 9.50. The van der Waals surface area contributed by atoms with Gasteiger partial charge in [0.2, 0.25) is 0 Å². The van der Waals surface area contributed by atoms with Gasteiger partial charge < -0.3 is 0 Å². The summed E-state index contributed by atoms with van der Waals surface area (Å²) in [5, 5.41) is 4.26. The quantitative estimate of drug-likeness (QED) is 0.567. The Bertz CT molecular complexity index is 233. The number of hydrogen-bond acceptors (Lipinski definition) is 1. The molecule has 0 amide bonds. The third-order valence-electron chi connectivity index (χ3n) is 3.00. The molecule has 1 aromatic rings. The molecule has 3 aliphatic carbocycles. The van der Waals surface area contributed by atoms with E-state index >= 15 is 0 Å². The summed E-state index contributed by atoms with van der Waals surface area (Å²) in [5.74, 6) is 1.05. The SMILES string of the molecule is c1cnn(C23CC(C2)C3)c1. The average molecular weight is 134 g/mol. The molecule has 1 heterocycles. The van der Waals surface area contributed by atoms with Crippen LogP contribution in [0.2, 0.25) is 0 Å². The van der Waals surface area contributed by atoms with Gasteiger partial charge in [-0.3, -0.25) is 4.68 Å². The molecule has 0 saturated heterocycles. The zero-order chi connectivity index (χ0) is 6.60. The summed E-state index contributed by atoms with van der Waals surface area (Å²) in [6, 6.07) is 2.01. The molecule has 2 nitrogen and oxygen atoms in total. The first-order valence-corrected chi connectivity index (χ1v) is 3.89. The minimum Gasteiger partial charge on any atom is -0.267 e. The summed E-state index contributed by atoms with van der Waals surface area (Å²) in [7, 11) is 0. The van der Waals surface area contributed by atoms with E-state index in [0.717, 1.165) is 5.92 Å². The smallest absolute Gasteiger partial charge is 0.0635 e. The van der Waals surface area contributed by atoms with E-state index in [-0.39, 0.29) is 0 Å². The third kappa shape index (κ3) is 0.376. The number of rotatable bonds is 1. The van der Waals surface area contributed by atoms with Gasteiger partial charge in [-0.25, -0.2) is 0 Å². The predicted molar refractivity (Wildman–Crippen MR) is 37.5 cm³/mol. The Morgan fingerprint density at radius 1 is 1.40 bits per heavy atom. The fourth-order valence-corrected chi connectivity index (χ4v) is 2.26. The molecule has 0 unspecified atom stereocenters. The third-order valence-corrected chi connectivity index (χ3v) is 3.00. The second-order valence-electron chi connectivity index (χ2n) is 3.65. The highest BCUT2D eigenvalue weighted by Gasteiger charge is 2.58. The molecule has 0 aliphatic heterocycles. The van der Waals surface area contributed by atoms with Gasteiger partial charge in [-0.05, 0) is 31.2 Å². The van der Waals surface area contributed by atoms with Gasteiger partial charge in [-0.2, -0.15) is 5.10 Å². The lowest BCUT2D eigenvalue weighted by molar-refractivity contribution is -0.0977. The summed E-state index contributed by atoms with van der Waals surface area (Å²) >= 11 is 0. The van der Waals surface area contributed by atoms with Crippen LogP contribution in [0.5, 0.6) is 0 Å². The molecule has 0 N–H and O–H groups in total. The molecule has 2 heteroatoms. The van der Waals surface area contributed by atoms with Crippen LogP contribution in [0.15, 0.2) is 18.5 Å². The van der Waals surface area contributed by atoms with Crippen molar-refractivity contribution < 1.29 is 0 Å². The molecule has 52 valence electrons. The highest BCUT2D eigenvalue weighted by Crippen LogP contribution is 2.61. The minimum atomic E-state index is 0.494. The molecule has 3 aliphatic rings. The van der Waals surface area contributed by atoms with Crippen LogP contribution < -0.4 is 0 Å². The van der Waals surface area contributed by atoms with E-state index in [9.17, 15) is 0 Å². The van der Waals surface area contributed by atoms with Crippen molar-refractivity contribution in [3.63, 3.8) is 0 Å². The topological polar surface area (TPSA) is 17.8 Å². The second-order valence-corrected chi connectivity index (χ2v) is 3.65. The molecule has 1 aromatic heterocycles. The van der Waals surface area contributed by atoms with Crippen LogP contribution in [0.3, 0.4) is 0 Å². The van der Waals surface area contributed by atoms with Crippen molar-refractivity contribution in [2.24, 2.45) is 5.92 Å². The fourth-order valence-electron chi connectivity index (χ4n) is 2.26. The number of nitrogens with zero attached hydrogens (tertiary/aromatic N) is 2. The minimum absolute atomic E-state index is 0.494. The van der Waals surface area contributed by atoms with E-state index in [1.807, 2.05) is 12.3 Å². The first kappa shape index (κ1) is 4.94. The van der Waals surface area contributed by atoms with E-state index in [1.54, 1.807) is 0 Å². The number of aromatic nitrogens is 2. The van der Waals surface area contributed by atoms with Gasteiger partial charge in [0.15, 0.2) is 0 Å². The Morgan fingerprint density at radius 2 is 2.20 bits per heavy atom. The molecule has 0 atom stereocenters. The zero-order valence-electron chi connectivity index (χ0n) is 5.83. The summed E-state index contributed by atoms with van der Waals surface area (Å²) in [4.78, 5) is 0. The Kier molecular flexibility index (Phi) is 0.636. The summed E-state index contributed by atoms with van der Waals surface area (Å²) in [6.07, 6.45) is 8.12. The molecule has 3 saturated carbocycles. The lowest BCUT2D eigenvalue weighted by Gasteiger charge is -2.61. The molecule has 0 spiro atoms. The fraction of sp³-hybridized carbons (Fsp3) is 0.625. The maximum atomic E-state index is 4.26. The molecule has 0 radical (unpaired) electrons. The van der Waals surface area contributed by atoms with Crippen LogP contribution in [0.25, 0.3) is 0 Å². The van der Waals surface area contributed by atoms with E-state index in [1.165, 1.54) is 19.3 Å². The molecule has 10 heavy (non-hydrogen) atoms. The van der Waals surface area contributed by atoms with E-state index < -0.39 is 0 Å². The van der Waals surface area contributed by atoms with Crippen molar-refractivity contribution in [3.05, 3.63) is 18.5 Å². The van der Waals surface area contributed by atoms with Gasteiger partial charge in [0.05, 0.1) is 5.54 Å². The Hall–Kier alpha value is -0.790. The van der Waals surface area contributed by atoms with Crippen molar-refractivity contribution in [2.45, 2.75) is 24.8 Å². The molecule has 3 fully saturated rings. The van der Waals surface area contributed by atoms with Gasteiger partial charge in [-0.15, -0.1) is 0 Å². The first-order chi connectivity index (χ1) is 4.89. The lowest BCUT2D eigenvalue weighted by Crippen LogP contribution is -2.59. The standard InChI is InChI=1S/C8H10N2/c1-2-9-10(3-1)8-4-7(5-8)6-8/h1-3,7H,4-6H2. The van der Waals surface area contributed by atoms with Crippen LogP contribution in [0, 0.1) is 5.92 Å². The summed E-state index contributed by atoms with van der Waals surface area (Å²) in [6.45, 7) is 0. The van der Waals surface area contributed by atoms with Crippen molar-refractivity contribution in [1.82, 2.24) is 9.78 Å². The summed E-state index contributed by atoms with van der Waals surface area (Å²) < 4.78 is 2.15. The normalized spacial score (nSPS) is 42.2. The van der Waals surface area contributed by atoms with Gasteiger partial charge in [-0.1, -0.05) is 0 Å². The van der Waals surface area contributed by atoms with Crippen LogP contribution in [0.1, 0.15) is 19.3 Å². The van der Waals surface area contributed by atoms with Crippen LogP contribution in [0.4, 0.5) is 0 Å². The first-order valence-electron chi connectivity index (χ1n) is 3.89. The largest absolute Gasteiger partial charge is 0.267 e. The van der Waals surface area contributed by atoms with Gasteiger partial charge in [0, 0.05) is 12.4 Å². The van der Waals surface area contributed by atoms with Crippen LogP contribution in [-0.4, -0.2) is 9.78 Å². The van der Waals surface area contributed by atoms with Crippen LogP contribution >= 0.6 is 0 Å². The zero-order valence-corrected chi connectivity index (χ0v) is 5.83. The van der Waals surface area contributed by atoms with Gasteiger partial charge in [0.25, 0.3) is 0 Å². The van der Waals surface area contributed by atoms with Crippen molar-refractivity contribution >= 4 is 0 Å². The maximum absolute atomic E-state index is 4.26. The maximum Gasteiger partial charge on any atom is 0.0635 e. The molecule has 2 bridgehead atoms. The Morgan fingerprint density at radius 3 is 2.60 bits per heavy atom. The monoisotopic (exact) mass is 134 g/mol. The Labute approximate surface area is 59.9 Å². The highest BCUT2D eigenvalue weighted by molar-refractivity contribution is 5.11. The van der Waals surface area contributed by atoms with E-state index in [4.69, 9.17) is 0 Å². The average Bonchev–Trinajstić information content (AvgIpc) is 2.06.